The summed E-state index contributed by atoms with van der Waals surface area (Å²) < 4.78 is 80.8. The number of amides is 2. The summed E-state index contributed by atoms with van der Waals surface area (Å²) in [6.45, 7) is 0. The van der Waals surface area contributed by atoms with Crippen LogP contribution in [0.15, 0.2) is 46.2 Å². The number of carbonyl (C=O) groups is 2. The van der Waals surface area contributed by atoms with E-state index in [9.17, 15) is 35.9 Å². The zero-order valence-electron chi connectivity index (χ0n) is 13.8. The van der Waals surface area contributed by atoms with Gasteiger partial charge in [0.2, 0.25) is 5.54 Å². The quantitative estimate of drug-likeness (QED) is 0.625. The van der Waals surface area contributed by atoms with Crippen LogP contribution >= 0.6 is 23.4 Å². The molecule has 2 aliphatic rings. The van der Waals surface area contributed by atoms with Crippen LogP contribution in [0.3, 0.4) is 0 Å². The van der Waals surface area contributed by atoms with Gasteiger partial charge in [0.1, 0.15) is 0 Å². The molecule has 0 radical (unpaired) electrons. The second-order valence-electron chi connectivity index (χ2n) is 6.21. The van der Waals surface area contributed by atoms with Crippen molar-refractivity contribution in [3.8, 4) is 0 Å². The van der Waals surface area contributed by atoms with Gasteiger partial charge in [0.25, 0.3) is 5.91 Å². The van der Waals surface area contributed by atoms with Gasteiger partial charge < -0.3 is 5.32 Å². The third kappa shape index (κ3) is 2.71. The number of para-hydroxylation sites is 1. The molecule has 0 bridgehead atoms. The standard InChI is InChI=1S/C17H7ClF6N2O2S/c18-7-4-5-10-9(6-7)26-12-8(2-1-3-11(12)29-10)15(14(26)28,17(22,23)24)25-13(27)16(19,20)21/h1-6H,(H,25,27)/t15-/m1/s1. The summed E-state index contributed by atoms with van der Waals surface area (Å²) in [6.07, 6.45) is -11.2. The van der Waals surface area contributed by atoms with Gasteiger partial charge in [0, 0.05) is 20.4 Å². The number of hydrogen-bond donors (Lipinski definition) is 1. The molecule has 4 rings (SSSR count). The Morgan fingerprint density at radius 2 is 1.76 bits per heavy atom. The van der Waals surface area contributed by atoms with E-state index in [2.05, 4.69) is 0 Å². The molecule has 0 saturated carbocycles. The van der Waals surface area contributed by atoms with Gasteiger partial charge in [-0.15, -0.1) is 0 Å². The van der Waals surface area contributed by atoms with Crippen molar-refractivity contribution >= 4 is 46.6 Å². The molecule has 0 fully saturated rings. The maximum atomic E-state index is 14.1. The summed E-state index contributed by atoms with van der Waals surface area (Å²) in [5, 5.41) is 1.03. The number of nitrogens with zero attached hydrogens (tertiary/aromatic N) is 1. The summed E-state index contributed by atoms with van der Waals surface area (Å²) in [7, 11) is 0. The molecule has 0 unspecified atom stereocenters. The Kier molecular flexibility index (Phi) is 4.15. The van der Waals surface area contributed by atoms with E-state index in [0.717, 1.165) is 23.1 Å². The number of carbonyl (C=O) groups excluding carboxylic acids is 2. The molecule has 29 heavy (non-hydrogen) atoms. The minimum absolute atomic E-state index is 0.0140. The van der Waals surface area contributed by atoms with E-state index < -0.39 is 35.3 Å². The van der Waals surface area contributed by atoms with Crippen LogP contribution in [0.25, 0.3) is 0 Å². The van der Waals surface area contributed by atoms with Crippen molar-refractivity contribution in [3.05, 3.63) is 47.0 Å². The molecular weight excluding hydrogens is 446 g/mol. The summed E-state index contributed by atoms with van der Waals surface area (Å²) >= 11 is 6.94. The smallest absolute Gasteiger partial charge is 0.323 e. The lowest BCUT2D eigenvalue weighted by Gasteiger charge is -2.32. The molecule has 1 atom stereocenters. The molecule has 12 heteroatoms. The number of anilines is 2. The summed E-state index contributed by atoms with van der Waals surface area (Å²) in [5.74, 6) is -4.64. The van der Waals surface area contributed by atoms with Gasteiger partial charge in [-0.1, -0.05) is 35.5 Å². The van der Waals surface area contributed by atoms with Crippen molar-refractivity contribution in [2.24, 2.45) is 0 Å². The molecule has 0 aliphatic carbocycles. The minimum atomic E-state index is -5.63. The maximum absolute atomic E-state index is 14.1. The average Bonchev–Trinajstić information content (AvgIpc) is 2.86. The second-order valence-corrected chi connectivity index (χ2v) is 7.73. The molecule has 2 amide bonds. The van der Waals surface area contributed by atoms with Crippen LogP contribution in [0.4, 0.5) is 37.7 Å². The SMILES string of the molecule is O=C(N[C@@]1(C(F)(F)F)C(=O)N2c3cc(Cl)ccc3Sc3cccc1c32)C(F)(F)F. The summed E-state index contributed by atoms with van der Waals surface area (Å²) in [5.41, 5.74) is -4.93. The van der Waals surface area contributed by atoms with E-state index >= 15 is 0 Å². The Morgan fingerprint density at radius 3 is 2.38 bits per heavy atom. The topological polar surface area (TPSA) is 49.4 Å². The van der Waals surface area contributed by atoms with Gasteiger partial charge in [-0.3, -0.25) is 14.5 Å². The average molecular weight is 453 g/mol. The molecule has 152 valence electrons. The summed E-state index contributed by atoms with van der Waals surface area (Å²) in [6, 6.07) is 7.66. The first-order chi connectivity index (χ1) is 13.4. The number of nitrogens with one attached hydrogen (secondary N) is 1. The third-order valence-electron chi connectivity index (χ3n) is 4.52. The monoisotopic (exact) mass is 452 g/mol. The molecule has 0 saturated heterocycles. The lowest BCUT2D eigenvalue weighted by Crippen LogP contribution is -2.63. The van der Waals surface area contributed by atoms with Crippen molar-refractivity contribution < 1.29 is 35.9 Å². The number of rotatable bonds is 1. The highest BCUT2D eigenvalue weighted by atomic mass is 35.5. The number of halogens is 7. The maximum Gasteiger partial charge on any atom is 0.471 e. The van der Waals surface area contributed by atoms with E-state index in [1.165, 1.54) is 30.3 Å². The van der Waals surface area contributed by atoms with Crippen LogP contribution in [0.2, 0.25) is 5.02 Å². The van der Waals surface area contributed by atoms with Gasteiger partial charge >= 0.3 is 18.3 Å². The van der Waals surface area contributed by atoms with Gasteiger partial charge in [-0.05, 0) is 24.3 Å². The molecular formula is C17H7ClF6N2O2S. The predicted octanol–water partition coefficient (Wildman–Crippen LogP) is 4.92. The van der Waals surface area contributed by atoms with Crippen molar-refractivity contribution in [2.75, 3.05) is 4.90 Å². The van der Waals surface area contributed by atoms with Gasteiger partial charge in [0.05, 0.1) is 11.4 Å². The van der Waals surface area contributed by atoms with Crippen molar-refractivity contribution in [1.82, 2.24) is 5.32 Å². The highest BCUT2D eigenvalue weighted by Crippen LogP contribution is 2.59. The van der Waals surface area contributed by atoms with Gasteiger partial charge in [0.15, 0.2) is 0 Å². The zero-order chi connectivity index (χ0) is 21.4. The minimum Gasteiger partial charge on any atom is -0.323 e. The number of hydrogen-bond acceptors (Lipinski definition) is 3. The second kappa shape index (κ2) is 6.05. The van der Waals surface area contributed by atoms with Gasteiger partial charge in [-0.2, -0.15) is 26.3 Å². The lowest BCUT2D eigenvalue weighted by molar-refractivity contribution is -0.210. The molecule has 0 aromatic heterocycles. The highest BCUT2D eigenvalue weighted by Gasteiger charge is 2.70. The van der Waals surface area contributed by atoms with E-state index in [1.807, 2.05) is 0 Å². The number of fused-ring (bicyclic) bond motifs is 2. The molecule has 2 aliphatic heterocycles. The first kappa shape index (κ1) is 19.9. The number of alkyl halides is 6. The van der Waals surface area contributed by atoms with Crippen LogP contribution in [0.5, 0.6) is 0 Å². The predicted molar refractivity (Wildman–Crippen MR) is 91.1 cm³/mol. The number of benzene rings is 2. The van der Waals surface area contributed by atoms with Crippen molar-refractivity contribution in [3.63, 3.8) is 0 Å². The Bertz CT molecular complexity index is 1070. The Hall–Kier alpha value is -2.40. The van der Waals surface area contributed by atoms with E-state index in [4.69, 9.17) is 11.6 Å². The van der Waals surface area contributed by atoms with Crippen molar-refractivity contribution in [1.29, 1.82) is 0 Å². The van der Waals surface area contributed by atoms with Crippen molar-refractivity contribution in [2.45, 2.75) is 27.7 Å². The molecule has 0 spiro atoms. The van der Waals surface area contributed by atoms with Crippen LogP contribution in [0.1, 0.15) is 5.56 Å². The van der Waals surface area contributed by atoms with Crippen LogP contribution in [-0.2, 0) is 15.1 Å². The Morgan fingerprint density at radius 1 is 1.07 bits per heavy atom. The fourth-order valence-electron chi connectivity index (χ4n) is 3.33. The molecule has 2 aromatic rings. The summed E-state index contributed by atoms with van der Waals surface area (Å²) in [4.78, 5) is 25.8. The Balaban J connectivity index is 2.01. The lowest BCUT2D eigenvalue weighted by atomic mass is 9.90. The molecule has 4 nitrogen and oxygen atoms in total. The first-order valence-electron chi connectivity index (χ1n) is 7.79. The highest BCUT2D eigenvalue weighted by molar-refractivity contribution is 7.99. The van der Waals surface area contributed by atoms with Crippen LogP contribution in [-0.4, -0.2) is 24.2 Å². The van der Waals surface area contributed by atoms with E-state index in [0.29, 0.717) is 9.80 Å². The van der Waals surface area contributed by atoms with Crippen LogP contribution in [0, 0.1) is 0 Å². The molecule has 2 heterocycles. The van der Waals surface area contributed by atoms with Gasteiger partial charge in [-0.25, -0.2) is 0 Å². The van der Waals surface area contributed by atoms with E-state index in [-0.39, 0.29) is 21.3 Å². The molecule has 1 N–H and O–H groups in total. The normalized spacial score (nSPS) is 20.4. The fourth-order valence-corrected chi connectivity index (χ4v) is 4.57. The van der Waals surface area contributed by atoms with E-state index in [1.54, 1.807) is 0 Å². The van der Waals surface area contributed by atoms with Crippen LogP contribution < -0.4 is 10.2 Å². The largest absolute Gasteiger partial charge is 0.471 e. The fraction of sp³-hybridized carbons (Fsp3) is 0.176. The first-order valence-corrected chi connectivity index (χ1v) is 8.99. The molecule has 2 aromatic carbocycles. The zero-order valence-corrected chi connectivity index (χ0v) is 15.4. The third-order valence-corrected chi connectivity index (χ3v) is 5.87. The Labute approximate surface area is 167 Å².